The number of nitrogens with one attached hydrogen (secondary N) is 1. The van der Waals surface area contributed by atoms with Crippen molar-refractivity contribution >= 4 is 0 Å². The first-order valence-corrected chi connectivity index (χ1v) is 4.39. The molecule has 1 aromatic rings. The van der Waals surface area contributed by atoms with Gasteiger partial charge in [0.1, 0.15) is 12.2 Å². The molecule has 1 aromatic heterocycles. The quantitative estimate of drug-likeness (QED) is 0.694. The monoisotopic (exact) mass is 168 g/mol. The third-order valence-electron chi connectivity index (χ3n) is 1.73. The zero-order chi connectivity index (χ0) is 8.81. The van der Waals surface area contributed by atoms with Gasteiger partial charge in [0.2, 0.25) is 0 Å². The molecule has 0 aliphatic heterocycles. The molecule has 68 valence electrons. The maximum Gasteiger partial charge on any atom is 0.138 e. The predicted octanol–water partition coefficient (Wildman–Crippen LogP) is 0.450. The number of aromatic nitrogens is 3. The molecule has 1 rings (SSSR count). The Balaban J connectivity index is 2.51. The Bertz CT molecular complexity index is 219. The minimum absolute atomic E-state index is 0.955. The van der Waals surface area contributed by atoms with E-state index in [0.717, 1.165) is 31.8 Å². The summed E-state index contributed by atoms with van der Waals surface area (Å²) in [6.07, 6.45) is 3.69. The van der Waals surface area contributed by atoms with E-state index < -0.39 is 0 Å². The van der Waals surface area contributed by atoms with Gasteiger partial charge in [0.25, 0.3) is 0 Å². The Morgan fingerprint density at radius 1 is 1.58 bits per heavy atom. The van der Waals surface area contributed by atoms with Crippen LogP contribution in [0, 0.1) is 0 Å². The molecule has 0 bridgehead atoms. The van der Waals surface area contributed by atoms with E-state index in [2.05, 4.69) is 22.3 Å². The normalized spacial score (nSPS) is 10.5. The number of hydrogen-bond donors (Lipinski definition) is 1. The summed E-state index contributed by atoms with van der Waals surface area (Å²) in [5, 5.41) is 7.23. The standard InChI is InChI=1S/C8H16N4/c1-3-6-12-8(4-5-9-2)10-7-11-12/h7,9H,3-6H2,1-2H3. The molecule has 0 spiro atoms. The summed E-state index contributed by atoms with van der Waals surface area (Å²) in [7, 11) is 1.94. The summed E-state index contributed by atoms with van der Waals surface area (Å²) < 4.78 is 1.97. The van der Waals surface area contributed by atoms with E-state index >= 15 is 0 Å². The van der Waals surface area contributed by atoms with Crippen LogP contribution in [0.1, 0.15) is 19.2 Å². The average molecular weight is 168 g/mol. The van der Waals surface area contributed by atoms with Gasteiger partial charge in [-0.2, -0.15) is 5.10 Å². The van der Waals surface area contributed by atoms with Gasteiger partial charge in [-0.15, -0.1) is 0 Å². The summed E-state index contributed by atoms with van der Waals surface area (Å²) >= 11 is 0. The van der Waals surface area contributed by atoms with Gasteiger partial charge in [0.15, 0.2) is 0 Å². The molecule has 0 aliphatic carbocycles. The molecule has 0 fully saturated rings. The van der Waals surface area contributed by atoms with E-state index in [1.54, 1.807) is 6.33 Å². The highest BCUT2D eigenvalue weighted by atomic mass is 15.3. The molecule has 12 heavy (non-hydrogen) atoms. The summed E-state index contributed by atoms with van der Waals surface area (Å²) in [6.45, 7) is 4.07. The first-order valence-electron chi connectivity index (χ1n) is 4.39. The van der Waals surface area contributed by atoms with Crippen LogP contribution in [-0.4, -0.2) is 28.4 Å². The van der Waals surface area contributed by atoms with Crippen LogP contribution in [-0.2, 0) is 13.0 Å². The van der Waals surface area contributed by atoms with Gasteiger partial charge < -0.3 is 5.32 Å². The molecule has 0 saturated carbocycles. The highest BCUT2D eigenvalue weighted by molar-refractivity contribution is 4.84. The minimum Gasteiger partial charge on any atom is -0.319 e. The molecule has 1 heterocycles. The summed E-state index contributed by atoms with van der Waals surface area (Å²) in [4.78, 5) is 4.18. The molecule has 4 nitrogen and oxygen atoms in total. The lowest BCUT2D eigenvalue weighted by molar-refractivity contribution is 0.562. The maximum atomic E-state index is 4.18. The van der Waals surface area contributed by atoms with Gasteiger partial charge in [0, 0.05) is 19.5 Å². The average Bonchev–Trinajstić information content (AvgIpc) is 2.50. The Hall–Kier alpha value is -0.900. The van der Waals surface area contributed by atoms with Gasteiger partial charge >= 0.3 is 0 Å². The fraction of sp³-hybridized carbons (Fsp3) is 0.750. The smallest absolute Gasteiger partial charge is 0.138 e. The van der Waals surface area contributed by atoms with Gasteiger partial charge in [-0.3, -0.25) is 4.68 Å². The Kier molecular flexibility index (Phi) is 3.73. The van der Waals surface area contributed by atoms with Crippen molar-refractivity contribution in [3.05, 3.63) is 12.2 Å². The largest absolute Gasteiger partial charge is 0.319 e. The van der Waals surface area contributed by atoms with Crippen molar-refractivity contribution in [2.45, 2.75) is 26.3 Å². The summed E-state index contributed by atoms with van der Waals surface area (Å²) in [5.41, 5.74) is 0. The molecule has 0 unspecified atom stereocenters. The van der Waals surface area contributed by atoms with Crippen molar-refractivity contribution in [3.8, 4) is 0 Å². The summed E-state index contributed by atoms with van der Waals surface area (Å²) in [6, 6.07) is 0. The Morgan fingerprint density at radius 2 is 2.42 bits per heavy atom. The van der Waals surface area contributed by atoms with Crippen LogP contribution in [0.4, 0.5) is 0 Å². The fourth-order valence-corrected chi connectivity index (χ4v) is 1.12. The summed E-state index contributed by atoms with van der Waals surface area (Å²) in [5.74, 6) is 1.08. The molecular weight excluding hydrogens is 152 g/mol. The van der Waals surface area contributed by atoms with Crippen molar-refractivity contribution in [3.63, 3.8) is 0 Å². The van der Waals surface area contributed by atoms with Crippen LogP contribution < -0.4 is 5.32 Å². The number of aryl methyl sites for hydroxylation is 1. The van der Waals surface area contributed by atoms with Gasteiger partial charge in [-0.1, -0.05) is 6.92 Å². The van der Waals surface area contributed by atoms with E-state index in [0.29, 0.717) is 0 Å². The molecule has 0 aliphatic rings. The van der Waals surface area contributed by atoms with Crippen LogP contribution >= 0.6 is 0 Å². The van der Waals surface area contributed by atoms with E-state index in [1.165, 1.54) is 0 Å². The molecular formula is C8H16N4. The van der Waals surface area contributed by atoms with Crippen molar-refractivity contribution < 1.29 is 0 Å². The zero-order valence-electron chi connectivity index (χ0n) is 7.75. The second-order valence-electron chi connectivity index (χ2n) is 2.75. The molecule has 0 atom stereocenters. The van der Waals surface area contributed by atoms with Crippen molar-refractivity contribution in [1.82, 2.24) is 20.1 Å². The topological polar surface area (TPSA) is 42.7 Å². The highest BCUT2D eigenvalue weighted by Crippen LogP contribution is 1.95. The number of nitrogens with zero attached hydrogens (tertiary/aromatic N) is 3. The van der Waals surface area contributed by atoms with E-state index in [1.807, 2.05) is 11.7 Å². The van der Waals surface area contributed by atoms with Gasteiger partial charge in [-0.05, 0) is 13.5 Å². The molecule has 1 N–H and O–H groups in total. The molecule has 0 saturated heterocycles. The lowest BCUT2D eigenvalue weighted by atomic mass is 10.4. The van der Waals surface area contributed by atoms with Crippen LogP contribution in [0.5, 0.6) is 0 Å². The van der Waals surface area contributed by atoms with Gasteiger partial charge in [-0.25, -0.2) is 4.98 Å². The lowest BCUT2D eigenvalue weighted by Gasteiger charge is -2.02. The fourth-order valence-electron chi connectivity index (χ4n) is 1.12. The van der Waals surface area contributed by atoms with Crippen molar-refractivity contribution in [2.24, 2.45) is 0 Å². The van der Waals surface area contributed by atoms with Gasteiger partial charge in [0.05, 0.1) is 0 Å². The molecule has 0 radical (unpaired) electrons. The lowest BCUT2D eigenvalue weighted by Crippen LogP contribution is -2.14. The van der Waals surface area contributed by atoms with Crippen LogP contribution in [0.2, 0.25) is 0 Å². The number of hydrogen-bond acceptors (Lipinski definition) is 3. The van der Waals surface area contributed by atoms with E-state index in [-0.39, 0.29) is 0 Å². The second kappa shape index (κ2) is 4.87. The van der Waals surface area contributed by atoms with E-state index in [9.17, 15) is 0 Å². The highest BCUT2D eigenvalue weighted by Gasteiger charge is 2.00. The van der Waals surface area contributed by atoms with Crippen molar-refractivity contribution in [2.75, 3.05) is 13.6 Å². The van der Waals surface area contributed by atoms with Crippen LogP contribution in [0.25, 0.3) is 0 Å². The first-order chi connectivity index (χ1) is 5.88. The maximum absolute atomic E-state index is 4.18. The minimum atomic E-state index is 0.955. The second-order valence-corrected chi connectivity index (χ2v) is 2.75. The number of rotatable bonds is 5. The van der Waals surface area contributed by atoms with E-state index in [4.69, 9.17) is 0 Å². The Labute approximate surface area is 73.0 Å². The first kappa shape index (κ1) is 9.19. The predicted molar refractivity (Wildman–Crippen MR) is 47.9 cm³/mol. The van der Waals surface area contributed by atoms with Crippen molar-refractivity contribution in [1.29, 1.82) is 0 Å². The number of likely N-dealkylation sites (N-methyl/N-ethyl adjacent to an activating group) is 1. The Morgan fingerprint density at radius 3 is 3.08 bits per heavy atom. The SMILES string of the molecule is CCCn1ncnc1CCNC. The molecule has 0 amide bonds. The molecule has 0 aromatic carbocycles. The third-order valence-corrected chi connectivity index (χ3v) is 1.73. The van der Waals surface area contributed by atoms with Crippen LogP contribution in [0.3, 0.4) is 0 Å². The zero-order valence-corrected chi connectivity index (χ0v) is 7.75. The van der Waals surface area contributed by atoms with Crippen LogP contribution in [0.15, 0.2) is 6.33 Å². The molecule has 4 heteroatoms. The third kappa shape index (κ3) is 2.30.